The van der Waals surface area contributed by atoms with E-state index in [0.29, 0.717) is 6.42 Å². The van der Waals surface area contributed by atoms with Crippen molar-refractivity contribution in [1.82, 2.24) is 4.90 Å². The summed E-state index contributed by atoms with van der Waals surface area (Å²) in [5.74, 6) is -0.230. The minimum Gasteiger partial charge on any atom is -0.466 e. The molecule has 1 rings (SSSR count). The molecule has 0 aliphatic heterocycles. The predicted molar refractivity (Wildman–Crippen MR) is 77.9 cm³/mol. The van der Waals surface area contributed by atoms with E-state index in [1.807, 2.05) is 20.0 Å². The molecule has 0 atom stereocenters. The van der Waals surface area contributed by atoms with Crippen LogP contribution in [0.3, 0.4) is 0 Å². The highest BCUT2D eigenvalue weighted by Crippen LogP contribution is 2.07. The summed E-state index contributed by atoms with van der Waals surface area (Å²) < 4.78 is 4.74. The lowest BCUT2D eigenvalue weighted by Gasteiger charge is -2.15. The van der Waals surface area contributed by atoms with Gasteiger partial charge in [0.2, 0.25) is 0 Å². The molecule has 3 heteroatoms. The fraction of sp³-hybridized carbons (Fsp3) is 0.438. The molecule has 0 heterocycles. The lowest BCUT2D eigenvalue weighted by atomic mass is 10.1. The Morgan fingerprint density at radius 3 is 2.47 bits per heavy atom. The normalized spacial score (nSPS) is 11.7. The summed E-state index contributed by atoms with van der Waals surface area (Å²) >= 11 is 0. The molecule has 0 saturated carbocycles. The van der Waals surface area contributed by atoms with Crippen molar-refractivity contribution in [2.75, 3.05) is 20.7 Å². The predicted octanol–water partition coefficient (Wildman–Crippen LogP) is 2.94. The molecule has 1 aromatic carbocycles. The van der Waals surface area contributed by atoms with Crippen LogP contribution in [0.25, 0.3) is 0 Å². The molecule has 0 bridgehead atoms. The summed E-state index contributed by atoms with van der Waals surface area (Å²) in [4.78, 5) is 13.6. The van der Waals surface area contributed by atoms with Crippen LogP contribution in [0, 0.1) is 6.92 Å². The Labute approximate surface area is 115 Å². The van der Waals surface area contributed by atoms with Crippen molar-refractivity contribution in [1.29, 1.82) is 0 Å². The number of carbonyl (C=O) groups excluding carboxylic acids is 1. The molecule has 1 aromatic rings. The number of ether oxygens (including phenoxy) is 1. The van der Waals surface area contributed by atoms with E-state index in [0.717, 1.165) is 18.7 Å². The zero-order chi connectivity index (χ0) is 14.3. The van der Waals surface area contributed by atoms with E-state index in [1.54, 1.807) is 0 Å². The van der Waals surface area contributed by atoms with Gasteiger partial charge in [-0.2, -0.15) is 0 Å². The van der Waals surface area contributed by atoms with Gasteiger partial charge in [0.1, 0.15) is 0 Å². The standard InChI is InChI=1S/C16H23NO2/c1-5-15(16(18)19-4)10-11-17(3)12-14-8-6-13(2)7-9-14/h6-10H,5,11-12H2,1-4H3. The van der Waals surface area contributed by atoms with Crippen molar-refractivity contribution in [2.24, 2.45) is 0 Å². The van der Waals surface area contributed by atoms with Crippen LogP contribution in [0.5, 0.6) is 0 Å². The van der Waals surface area contributed by atoms with Gasteiger partial charge in [0.05, 0.1) is 7.11 Å². The molecule has 104 valence electrons. The molecule has 0 saturated heterocycles. The summed E-state index contributed by atoms with van der Waals surface area (Å²) in [6.07, 6.45) is 2.64. The van der Waals surface area contributed by atoms with Crippen molar-refractivity contribution < 1.29 is 9.53 Å². The van der Waals surface area contributed by atoms with Crippen LogP contribution >= 0.6 is 0 Å². The smallest absolute Gasteiger partial charge is 0.333 e. The van der Waals surface area contributed by atoms with Crippen LogP contribution in [0.1, 0.15) is 24.5 Å². The average Bonchev–Trinajstić information content (AvgIpc) is 2.41. The maximum absolute atomic E-state index is 11.4. The second-order valence-corrected chi connectivity index (χ2v) is 4.76. The first-order chi connectivity index (χ1) is 9.06. The van der Waals surface area contributed by atoms with E-state index < -0.39 is 0 Å². The number of carbonyl (C=O) groups is 1. The number of hydrogen-bond donors (Lipinski definition) is 0. The van der Waals surface area contributed by atoms with E-state index in [9.17, 15) is 4.79 Å². The van der Waals surface area contributed by atoms with Crippen LogP contribution in [-0.4, -0.2) is 31.6 Å². The first-order valence-electron chi connectivity index (χ1n) is 6.58. The quantitative estimate of drug-likeness (QED) is 0.582. The number of benzene rings is 1. The van der Waals surface area contributed by atoms with E-state index in [-0.39, 0.29) is 5.97 Å². The van der Waals surface area contributed by atoms with Crippen LogP contribution in [0.15, 0.2) is 35.9 Å². The second kappa shape index (κ2) is 7.74. The Morgan fingerprint density at radius 1 is 1.32 bits per heavy atom. The van der Waals surface area contributed by atoms with Crippen molar-refractivity contribution in [3.63, 3.8) is 0 Å². The van der Waals surface area contributed by atoms with Gasteiger partial charge < -0.3 is 4.74 Å². The molecule has 0 spiro atoms. The van der Waals surface area contributed by atoms with Crippen LogP contribution in [-0.2, 0) is 16.1 Å². The average molecular weight is 261 g/mol. The SMILES string of the molecule is CCC(=CCN(C)Cc1ccc(C)cc1)C(=O)OC. The monoisotopic (exact) mass is 261 g/mol. The van der Waals surface area contributed by atoms with Gasteiger partial charge in [-0.05, 0) is 26.0 Å². The van der Waals surface area contributed by atoms with Crippen molar-refractivity contribution >= 4 is 5.97 Å². The molecule has 3 nitrogen and oxygen atoms in total. The van der Waals surface area contributed by atoms with Crippen molar-refractivity contribution in [2.45, 2.75) is 26.8 Å². The van der Waals surface area contributed by atoms with Crippen molar-refractivity contribution in [3.05, 3.63) is 47.0 Å². The molecule has 0 aromatic heterocycles. The molecule has 0 radical (unpaired) electrons. The molecule has 0 N–H and O–H groups in total. The fourth-order valence-corrected chi connectivity index (χ4v) is 1.84. The highest BCUT2D eigenvalue weighted by molar-refractivity contribution is 5.88. The Morgan fingerprint density at radius 2 is 1.95 bits per heavy atom. The first-order valence-corrected chi connectivity index (χ1v) is 6.58. The number of aryl methyl sites for hydroxylation is 1. The molecule has 0 aliphatic carbocycles. The van der Waals surface area contributed by atoms with Gasteiger partial charge in [-0.3, -0.25) is 4.90 Å². The van der Waals surface area contributed by atoms with E-state index in [1.165, 1.54) is 18.2 Å². The van der Waals surface area contributed by atoms with Gasteiger partial charge in [-0.25, -0.2) is 4.79 Å². The summed E-state index contributed by atoms with van der Waals surface area (Å²) in [5, 5.41) is 0. The third-order valence-electron chi connectivity index (χ3n) is 3.05. The molecule has 19 heavy (non-hydrogen) atoms. The highest BCUT2D eigenvalue weighted by Gasteiger charge is 2.07. The second-order valence-electron chi connectivity index (χ2n) is 4.76. The number of nitrogens with zero attached hydrogens (tertiary/aromatic N) is 1. The third-order valence-corrected chi connectivity index (χ3v) is 3.05. The third kappa shape index (κ3) is 5.26. The summed E-state index contributed by atoms with van der Waals surface area (Å²) in [7, 11) is 3.46. The number of rotatable bonds is 6. The van der Waals surface area contributed by atoms with Crippen molar-refractivity contribution in [3.8, 4) is 0 Å². The largest absolute Gasteiger partial charge is 0.466 e. The molecular weight excluding hydrogens is 238 g/mol. The van der Waals surface area contributed by atoms with Gasteiger partial charge in [0.15, 0.2) is 0 Å². The minimum absolute atomic E-state index is 0.230. The number of likely N-dealkylation sites (N-methyl/N-ethyl adjacent to an activating group) is 1. The number of esters is 1. The number of methoxy groups -OCH3 is 1. The molecule has 0 aliphatic rings. The topological polar surface area (TPSA) is 29.5 Å². The molecule has 0 fully saturated rings. The lowest BCUT2D eigenvalue weighted by molar-refractivity contribution is -0.136. The zero-order valence-electron chi connectivity index (χ0n) is 12.3. The Hall–Kier alpha value is -1.61. The van der Waals surface area contributed by atoms with Crippen LogP contribution in [0.4, 0.5) is 0 Å². The van der Waals surface area contributed by atoms with Gasteiger partial charge in [-0.1, -0.05) is 42.8 Å². The minimum atomic E-state index is -0.230. The summed E-state index contributed by atoms with van der Waals surface area (Å²) in [5.41, 5.74) is 3.28. The Bertz CT molecular complexity index is 435. The van der Waals surface area contributed by atoms with E-state index in [4.69, 9.17) is 4.74 Å². The van der Waals surface area contributed by atoms with Gasteiger partial charge >= 0.3 is 5.97 Å². The first kappa shape index (κ1) is 15.4. The Balaban J connectivity index is 2.55. The number of hydrogen-bond acceptors (Lipinski definition) is 3. The lowest BCUT2D eigenvalue weighted by Crippen LogP contribution is -2.19. The van der Waals surface area contributed by atoms with Crippen LogP contribution in [0.2, 0.25) is 0 Å². The maximum atomic E-state index is 11.4. The van der Waals surface area contributed by atoms with Gasteiger partial charge in [0.25, 0.3) is 0 Å². The van der Waals surface area contributed by atoms with E-state index in [2.05, 4.69) is 36.1 Å². The van der Waals surface area contributed by atoms with E-state index >= 15 is 0 Å². The van der Waals surface area contributed by atoms with Gasteiger partial charge in [0, 0.05) is 18.7 Å². The molecule has 0 amide bonds. The maximum Gasteiger partial charge on any atom is 0.333 e. The fourth-order valence-electron chi connectivity index (χ4n) is 1.84. The highest BCUT2D eigenvalue weighted by atomic mass is 16.5. The summed E-state index contributed by atoms with van der Waals surface area (Å²) in [6, 6.07) is 8.50. The van der Waals surface area contributed by atoms with Gasteiger partial charge in [-0.15, -0.1) is 0 Å². The molecular formula is C16H23NO2. The Kier molecular flexibility index (Phi) is 6.30. The molecule has 0 unspecified atom stereocenters. The zero-order valence-corrected chi connectivity index (χ0v) is 12.3. The summed E-state index contributed by atoms with van der Waals surface area (Å²) in [6.45, 7) is 5.66. The van der Waals surface area contributed by atoms with Crippen LogP contribution < -0.4 is 0 Å².